The quantitative estimate of drug-likeness (QED) is 0.647. The van der Waals surface area contributed by atoms with Crippen LogP contribution in [0.4, 0.5) is 5.69 Å². The third kappa shape index (κ3) is 5.41. The van der Waals surface area contributed by atoms with Gasteiger partial charge in [-0.05, 0) is 57.1 Å². The van der Waals surface area contributed by atoms with E-state index < -0.39 is 0 Å². The van der Waals surface area contributed by atoms with E-state index in [-0.39, 0.29) is 6.61 Å². The zero-order valence-corrected chi connectivity index (χ0v) is 14.9. The molecule has 1 aliphatic heterocycles. The second-order valence-corrected chi connectivity index (χ2v) is 6.47. The van der Waals surface area contributed by atoms with Gasteiger partial charge in [0.2, 0.25) is 0 Å². The maximum absolute atomic E-state index is 9.03. The molecule has 5 heteroatoms. The molecule has 23 heavy (non-hydrogen) atoms. The van der Waals surface area contributed by atoms with E-state index >= 15 is 0 Å². The molecule has 0 spiro atoms. The molecule has 0 amide bonds. The number of halogens is 1. The minimum atomic E-state index is 0.237. The molecule has 1 heterocycles. The summed E-state index contributed by atoms with van der Waals surface area (Å²) in [6, 6.07) is 6.39. The lowest BCUT2D eigenvalue weighted by Gasteiger charge is -2.25. The van der Waals surface area contributed by atoms with E-state index in [1.54, 1.807) is 0 Å². The van der Waals surface area contributed by atoms with Crippen molar-refractivity contribution in [2.24, 2.45) is 0 Å². The third-order valence-electron chi connectivity index (χ3n) is 4.25. The van der Waals surface area contributed by atoms with Gasteiger partial charge in [0.15, 0.2) is 0 Å². The number of nitrogens with zero attached hydrogens (tertiary/aromatic N) is 1. The van der Waals surface area contributed by atoms with E-state index in [1.165, 1.54) is 11.3 Å². The van der Waals surface area contributed by atoms with Crippen LogP contribution >= 0.6 is 11.6 Å². The van der Waals surface area contributed by atoms with Crippen LogP contribution in [0.2, 0.25) is 5.02 Å². The van der Waals surface area contributed by atoms with Crippen LogP contribution in [-0.2, 0) is 0 Å². The van der Waals surface area contributed by atoms with Gasteiger partial charge in [-0.15, -0.1) is 0 Å². The smallest absolute Gasteiger partial charge is 0.0558 e. The number of nitrogens with one attached hydrogen (secondary N) is 2. The van der Waals surface area contributed by atoms with Crippen molar-refractivity contribution in [1.29, 1.82) is 0 Å². The number of hydrogen-bond acceptors (Lipinski definition) is 4. The maximum atomic E-state index is 9.03. The second kappa shape index (κ2) is 9.16. The Hall–Kier alpha value is -1.23. The lowest BCUT2D eigenvalue weighted by Crippen LogP contribution is -2.30. The minimum absolute atomic E-state index is 0.237. The summed E-state index contributed by atoms with van der Waals surface area (Å²) < 4.78 is 0. The van der Waals surface area contributed by atoms with Crippen LogP contribution in [-0.4, -0.2) is 48.8 Å². The fourth-order valence-corrected chi connectivity index (χ4v) is 3.11. The summed E-state index contributed by atoms with van der Waals surface area (Å²) in [5.41, 5.74) is 3.46. The first-order valence-corrected chi connectivity index (χ1v) is 8.85. The summed E-state index contributed by atoms with van der Waals surface area (Å²) in [6.45, 7) is 8.22. The van der Waals surface area contributed by atoms with E-state index in [4.69, 9.17) is 16.7 Å². The second-order valence-electron chi connectivity index (χ2n) is 6.03. The molecule has 1 aromatic carbocycles. The molecule has 0 bridgehead atoms. The molecule has 3 N–H and O–H groups in total. The SMILES string of the molecule is CCN(CCO)CCCC(C)NC1=CCNc2cc(Cl)ccc21. The topological polar surface area (TPSA) is 47.5 Å². The Morgan fingerprint density at radius 2 is 2.22 bits per heavy atom. The van der Waals surface area contributed by atoms with Gasteiger partial charge in [0.25, 0.3) is 0 Å². The number of aliphatic hydroxyl groups is 1. The van der Waals surface area contributed by atoms with Gasteiger partial charge in [-0.3, -0.25) is 0 Å². The van der Waals surface area contributed by atoms with Crippen LogP contribution in [0.15, 0.2) is 24.3 Å². The predicted molar refractivity (Wildman–Crippen MR) is 99.0 cm³/mol. The Bertz CT molecular complexity index is 533. The first kappa shape index (κ1) is 18.1. The first-order valence-electron chi connectivity index (χ1n) is 8.47. The Kier molecular flexibility index (Phi) is 7.21. The molecule has 0 radical (unpaired) electrons. The molecule has 2 rings (SSSR count). The zero-order valence-electron chi connectivity index (χ0n) is 14.1. The standard InChI is InChI=1S/C18H28ClN3O/c1-3-22(11-12-23)10-4-5-14(2)21-17-8-9-20-18-13-15(19)6-7-16(17)18/h6-8,13-14,20-21,23H,3-5,9-12H2,1-2H3. The van der Waals surface area contributed by atoms with E-state index in [9.17, 15) is 0 Å². The van der Waals surface area contributed by atoms with E-state index in [0.717, 1.165) is 49.7 Å². The van der Waals surface area contributed by atoms with Crippen molar-refractivity contribution < 1.29 is 5.11 Å². The van der Waals surface area contributed by atoms with Gasteiger partial charge in [-0.1, -0.05) is 18.5 Å². The number of hydrogen-bond donors (Lipinski definition) is 3. The summed E-state index contributed by atoms with van der Waals surface area (Å²) in [4.78, 5) is 2.29. The average molecular weight is 338 g/mol. The largest absolute Gasteiger partial charge is 0.395 e. The monoisotopic (exact) mass is 337 g/mol. The number of fused-ring (bicyclic) bond motifs is 1. The summed E-state index contributed by atoms with van der Waals surface area (Å²) in [7, 11) is 0. The van der Waals surface area contributed by atoms with Gasteiger partial charge in [-0.25, -0.2) is 0 Å². The molecule has 0 saturated carbocycles. The van der Waals surface area contributed by atoms with Gasteiger partial charge in [0, 0.05) is 41.1 Å². The highest BCUT2D eigenvalue weighted by Crippen LogP contribution is 2.29. The Morgan fingerprint density at radius 3 is 2.96 bits per heavy atom. The van der Waals surface area contributed by atoms with Crippen molar-refractivity contribution in [3.05, 3.63) is 34.9 Å². The van der Waals surface area contributed by atoms with Crippen molar-refractivity contribution in [3.8, 4) is 0 Å². The highest BCUT2D eigenvalue weighted by atomic mass is 35.5. The van der Waals surface area contributed by atoms with Crippen LogP contribution < -0.4 is 10.6 Å². The molecule has 4 nitrogen and oxygen atoms in total. The molecule has 1 aliphatic rings. The molecule has 0 aliphatic carbocycles. The summed E-state index contributed by atoms with van der Waals surface area (Å²) in [5.74, 6) is 0. The Balaban J connectivity index is 1.84. The van der Waals surface area contributed by atoms with Crippen molar-refractivity contribution in [3.63, 3.8) is 0 Å². The van der Waals surface area contributed by atoms with Crippen LogP contribution in [0.25, 0.3) is 5.70 Å². The van der Waals surface area contributed by atoms with Crippen LogP contribution in [0, 0.1) is 0 Å². The maximum Gasteiger partial charge on any atom is 0.0558 e. The normalized spacial score (nSPS) is 14.9. The summed E-state index contributed by atoms with van der Waals surface area (Å²) >= 11 is 6.07. The van der Waals surface area contributed by atoms with E-state index in [2.05, 4.69) is 41.5 Å². The molecule has 0 saturated heterocycles. The highest BCUT2D eigenvalue weighted by molar-refractivity contribution is 6.31. The fourth-order valence-electron chi connectivity index (χ4n) is 2.94. The van der Waals surface area contributed by atoms with Gasteiger partial charge in [0.05, 0.1) is 6.61 Å². The first-order chi connectivity index (χ1) is 11.1. The lowest BCUT2D eigenvalue weighted by molar-refractivity contribution is 0.198. The van der Waals surface area contributed by atoms with Gasteiger partial charge in [-0.2, -0.15) is 0 Å². The molecule has 1 aromatic rings. The molecule has 0 aromatic heterocycles. The number of rotatable bonds is 9. The van der Waals surface area contributed by atoms with Crippen molar-refractivity contribution >= 4 is 23.0 Å². The molecule has 1 unspecified atom stereocenters. The number of anilines is 1. The van der Waals surface area contributed by atoms with Gasteiger partial charge in [0.1, 0.15) is 0 Å². The third-order valence-corrected chi connectivity index (χ3v) is 4.48. The van der Waals surface area contributed by atoms with Crippen LogP contribution in [0.5, 0.6) is 0 Å². The van der Waals surface area contributed by atoms with E-state index in [0.29, 0.717) is 6.04 Å². The Morgan fingerprint density at radius 1 is 1.39 bits per heavy atom. The summed E-state index contributed by atoms with van der Waals surface area (Å²) in [5, 5.41) is 16.8. The molecule has 0 fully saturated rings. The Labute approximate surface area is 144 Å². The van der Waals surface area contributed by atoms with Crippen LogP contribution in [0.3, 0.4) is 0 Å². The fraction of sp³-hybridized carbons (Fsp3) is 0.556. The van der Waals surface area contributed by atoms with Gasteiger partial charge < -0.3 is 20.6 Å². The predicted octanol–water partition coefficient (Wildman–Crippen LogP) is 3.18. The van der Waals surface area contributed by atoms with Crippen LogP contribution in [0.1, 0.15) is 32.3 Å². The average Bonchev–Trinajstić information content (AvgIpc) is 2.54. The number of aliphatic hydroxyl groups excluding tert-OH is 1. The van der Waals surface area contributed by atoms with E-state index in [1.807, 2.05) is 12.1 Å². The molecule has 128 valence electrons. The molecular formula is C18H28ClN3O. The van der Waals surface area contributed by atoms with Gasteiger partial charge >= 0.3 is 0 Å². The highest BCUT2D eigenvalue weighted by Gasteiger charge is 2.14. The van der Waals surface area contributed by atoms with Crippen molar-refractivity contribution in [1.82, 2.24) is 10.2 Å². The number of benzene rings is 1. The molecular weight excluding hydrogens is 310 g/mol. The number of likely N-dealkylation sites (N-methyl/N-ethyl adjacent to an activating group) is 1. The molecule has 1 atom stereocenters. The summed E-state index contributed by atoms with van der Waals surface area (Å²) in [6.07, 6.45) is 4.42. The van der Waals surface area contributed by atoms with Crippen molar-refractivity contribution in [2.75, 3.05) is 38.1 Å². The zero-order chi connectivity index (χ0) is 16.7. The minimum Gasteiger partial charge on any atom is -0.395 e. The van der Waals surface area contributed by atoms with Crippen molar-refractivity contribution in [2.45, 2.75) is 32.7 Å². The lowest BCUT2D eigenvalue weighted by atomic mass is 10.0.